The largest absolute Gasteiger partial charge is 0.377 e. The molecule has 0 spiro atoms. The van der Waals surface area contributed by atoms with Crippen molar-refractivity contribution in [3.8, 4) is 0 Å². The van der Waals surface area contributed by atoms with Gasteiger partial charge in [0.15, 0.2) is 11.4 Å². The van der Waals surface area contributed by atoms with Gasteiger partial charge in [-0.25, -0.2) is 26.6 Å². The molecule has 3 rings (SSSR count). The van der Waals surface area contributed by atoms with E-state index in [0.717, 1.165) is 22.9 Å². The molecule has 0 aliphatic heterocycles. The van der Waals surface area contributed by atoms with Crippen LogP contribution in [0.3, 0.4) is 0 Å². The molecular weight excluding hydrogens is 407 g/mol. The maximum atomic E-state index is 14.0. The van der Waals surface area contributed by atoms with Gasteiger partial charge in [0, 0.05) is 18.1 Å². The zero-order chi connectivity index (χ0) is 20.5. The van der Waals surface area contributed by atoms with Crippen LogP contribution in [-0.2, 0) is 18.6 Å². The lowest BCUT2D eigenvalue weighted by Crippen LogP contribution is -2.40. The summed E-state index contributed by atoms with van der Waals surface area (Å²) in [4.78, 5) is 0. The molecule has 2 aromatic carbocycles. The number of aliphatic hydroxyl groups is 1. The lowest BCUT2D eigenvalue weighted by atomic mass is 9.93. The van der Waals surface area contributed by atoms with E-state index in [9.17, 15) is 27.1 Å². The monoisotopic (exact) mass is 418 g/mol. The first-order valence-corrected chi connectivity index (χ1v) is 8.23. The van der Waals surface area contributed by atoms with Crippen molar-refractivity contribution in [2.24, 2.45) is 0 Å². The number of hydrogen-bond donors (Lipinski definition) is 1. The van der Waals surface area contributed by atoms with Crippen molar-refractivity contribution in [3.63, 3.8) is 0 Å². The van der Waals surface area contributed by atoms with Gasteiger partial charge in [-0.1, -0.05) is 23.7 Å². The van der Waals surface area contributed by atoms with Gasteiger partial charge in [0.1, 0.15) is 17.5 Å². The summed E-state index contributed by atoms with van der Waals surface area (Å²) in [6, 6.07) is 5.80. The van der Waals surface area contributed by atoms with Crippen LogP contribution in [0.15, 0.2) is 36.4 Å². The third-order valence-corrected chi connectivity index (χ3v) is 4.41. The third kappa shape index (κ3) is 3.97. The van der Waals surface area contributed by atoms with E-state index >= 15 is 0 Å². The van der Waals surface area contributed by atoms with Crippen molar-refractivity contribution in [3.05, 3.63) is 75.8 Å². The average molecular weight is 419 g/mol. The average Bonchev–Trinajstić information content (AvgIpc) is 3.04. The Morgan fingerprint density at radius 2 is 1.82 bits per heavy atom. The number of nitrogens with zero attached hydrogens (tertiary/aromatic N) is 4. The van der Waals surface area contributed by atoms with E-state index in [1.807, 2.05) is 0 Å². The highest BCUT2D eigenvalue weighted by Crippen LogP contribution is 2.32. The van der Waals surface area contributed by atoms with E-state index in [4.69, 9.17) is 11.6 Å². The summed E-state index contributed by atoms with van der Waals surface area (Å²) >= 11 is 5.61. The van der Waals surface area contributed by atoms with E-state index in [0.29, 0.717) is 11.6 Å². The van der Waals surface area contributed by atoms with Crippen molar-refractivity contribution < 1.29 is 27.1 Å². The van der Waals surface area contributed by atoms with Crippen molar-refractivity contribution in [2.45, 2.75) is 25.0 Å². The summed E-state index contributed by atoms with van der Waals surface area (Å²) in [6.07, 6.45) is -3.50. The van der Waals surface area contributed by atoms with E-state index in [1.165, 1.54) is 12.1 Å². The lowest BCUT2D eigenvalue weighted by Gasteiger charge is -2.28. The predicted octanol–water partition coefficient (Wildman–Crippen LogP) is 3.49. The van der Waals surface area contributed by atoms with Gasteiger partial charge in [-0.15, -0.1) is 5.10 Å². The van der Waals surface area contributed by atoms with Crippen LogP contribution in [0, 0.1) is 17.5 Å². The van der Waals surface area contributed by atoms with Gasteiger partial charge in [0.25, 0.3) is 6.43 Å². The number of alkyl halides is 2. The van der Waals surface area contributed by atoms with Gasteiger partial charge in [-0.05, 0) is 34.2 Å². The minimum absolute atomic E-state index is 0.0170. The summed E-state index contributed by atoms with van der Waals surface area (Å²) in [6.45, 7) is -0.911. The summed E-state index contributed by atoms with van der Waals surface area (Å²) in [5, 5.41) is 21.0. The quantitative estimate of drug-likeness (QED) is 0.622. The third-order valence-electron chi connectivity index (χ3n) is 4.10. The molecule has 1 heterocycles. The van der Waals surface area contributed by atoms with Crippen LogP contribution in [0.25, 0.3) is 0 Å². The summed E-state index contributed by atoms with van der Waals surface area (Å²) in [7, 11) is 0. The molecule has 1 N–H and O–H groups in total. The second-order valence-electron chi connectivity index (χ2n) is 6.03. The van der Waals surface area contributed by atoms with Gasteiger partial charge in [-0.3, -0.25) is 0 Å². The van der Waals surface area contributed by atoms with E-state index < -0.39 is 41.6 Å². The molecule has 1 unspecified atom stereocenters. The van der Waals surface area contributed by atoms with Gasteiger partial charge in [0.05, 0.1) is 11.6 Å². The molecule has 0 amide bonds. The first kappa shape index (κ1) is 20.2. The number of hydrogen-bond acceptors (Lipinski definition) is 4. The highest BCUT2D eigenvalue weighted by Gasteiger charge is 2.43. The Morgan fingerprint density at radius 3 is 2.46 bits per heavy atom. The van der Waals surface area contributed by atoms with Crippen LogP contribution in [0.1, 0.15) is 17.0 Å². The smallest absolute Gasteiger partial charge is 0.272 e. The Hall–Kier alpha value is -2.59. The molecule has 3 aromatic rings. The van der Waals surface area contributed by atoms with Crippen molar-refractivity contribution in [1.82, 2.24) is 20.2 Å². The number of tetrazole rings is 1. The maximum absolute atomic E-state index is 14.0. The summed E-state index contributed by atoms with van der Waals surface area (Å²) < 4.78 is 68.8. The zero-order valence-corrected chi connectivity index (χ0v) is 14.7. The molecule has 11 heteroatoms. The molecule has 1 atom stereocenters. The topological polar surface area (TPSA) is 63.8 Å². The number of aromatic nitrogens is 4. The first-order valence-electron chi connectivity index (χ1n) is 7.85. The predicted molar refractivity (Wildman–Crippen MR) is 88.3 cm³/mol. The van der Waals surface area contributed by atoms with Crippen LogP contribution in [0.2, 0.25) is 5.02 Å². The maximum Gasteiger partial charge on any atom is 0.272 e. The van der Waals surface area contributed by atoms with Crippen molar-refractivity contribution in [2.75, 3.05) is 0 Å². The minimum atomic E-state index is -3.43. The molecule has 0 saturated heterocycles. The second kappa shape index (κ2) is 7.80. The normalized spacial score (nSPS) is 13.7. The molecule has 0 radical (unpaired) electrons. The molecule has 0 aliphatic rings. The number of halogens is 6. The second-order valence-corrected chi connectivity index (χ2v) is 6.43. The van der Waals surface area contributed by atoms with Gasteiger partial charge in [-0.2, -0.15) is 0 Å². The number of benzene rings is 2. The molecular formula is C17H12ClF5N4O. The standard InChI is InChI=1S/C17H12ClF5N4O/c18-12-4-1-9(5-14(12)21)6-15-24-25-26-27(15)8-17(28,16(22)23)11-3-2-10(19)7-13(11)20/h1-5,7,16,28H,6,8H2. The fourth-order valence-corrected chi connectivity index (χ4v) is 2.76. The van der Waals surface area contributed by atoms with Crippen LogP contribution < -0.4 is 0 Å². The van der Waals surface area contributed by atoms with Gasteiger partial charge < -0.3 is 5.11 Å². The molecule has 0 bridgehead atoms. The molecule has 0 aliphatic carbocycles. The minimum Gasteiger partial charge on any atom is -0.377 e. The molecule has 0 fully saturated rings. The summed E-state index contributed by atoms with van der Waals surface area (Å²) in [5.74, 6) is -2.98. The molecule has 28 heavy (non-hydrogen) atoms. The molecule has 0 saturated carbocycles. The molecule has 5 nitrogen and oxygen atoms in total. The van der Waals surface area contributed by atoms with Crippen LogP contribution in [-0.4, -0.2) is 31.7 Å². The highest BCUT2D eigenvalue weighted by molar-refractivity contribution is 6.30. The van der Waals surface area contributed by atoms with Crippen LogP contribution in [0.4, 0.5) is 22.0 Å². The van der Waals surface area contributed by atoms with Crippen molar-refractivity contribution >= 4 is 11.6 Å². The Kier molecular flexibility index (Phi) is 5.61. The fourth-order valence-electron chi connectivity index (χ4n) is 2.65. The van der Waals surface area contributed by atoms with Gasteiger partial charge in [0.2, 0.25) is 0 Å². The van der Waals surface area contributed by atoms with E-state index in [2.05, 4.69) is 15.5 Å². The number of rotatable bonds is 6. The van der Waals surface area contributed by atoms with E-state index in [-0.39, 0.29) is 17.3 Å². The Labute approximate surface area is 160 Å². The Bertz CT molecular complexity index is 999. The Balaban J connectivity index is 1.93. The highest BCUT2D eigenvalue weighted by atomic mass is 35.5. The SMILES string of the molecule is OC(Cn1nnnc1Cc1ccc(Cl)c(F)c1)(c1ccc(F)cc1F)C(F)F. The van der Waals surface area contributed by atoms with Crippen molar-refractivity contribution in [1.29, 1.82) is 0 Å². The Morgan fingerprint density at radius 1 is 1.07 bits per heavy atom. The summed E-state index contributed by atoms with van der Waals surface area (Å²) in [5.41, 5.74) is -3.43. The molecule has 148 valence electrons. The molecule has 1 aromatic heterocycles. The zero-order valence-electron chi connectivity index (χ0n) is 14.0. The van der Waals surface area contributed by atoms with Crippen LogP contribution in [0.5, 0.6) is 0 Å². The lowest BCUT2D eigenvalue weighted by molar-refractivity contribution is -0.116. The van der Waals surface area contributed by atoms with E-state index in [1.54, 1.807) is 0 Å². The van der Waals surface area contributed by atoms with Crippen LogP contribution >= 0.6 is 11.6 Å². The first-order chi connectivity index (χ1) is 13.2. The fraction of sp³-hybridized carbons (Fsp3) is 0.235. The van der Waals surface area contributed by atoms with Gasteiger partial charge >= 0.3 is 0 Å².